The molecule has 1 aliphatic heterocycles. The van der Waals surface area contributed by atoms with E-state index >= 15 is 0 Å². The number of carbonyl (C=O) groups is 2. The zero-order valence-corrected chi connectivity index (χ0v) is 15.0. The summed E-state index contributed by atoms with van der Waals surface area (Å²) in [6, 6.07) is 5.19. The highest BCUT2D eigenvalue weighted by Gasteiger charge is 2.19. The van der Waals surface area contributed by atoms with E-state index in [-0.39, 0.29) is 30.7 Å². The van der Waals surface area contributed by atoms with Gasteiger partial charge in [0.2, 0.25) is 11.8 Å². The van der Waals surface area contributed by atoms with E-state index in [1.54, 1.807) is 31.3 Å². The Hall–Kier alpha value is -2.28. The van der Waals surface area contributed by atoms with Gasteiger partial charge in [-0.2, -0.15) is 0 Å². The summed E-state index contributed by atoms with van der Waals surface area (Å²) in [5, 5.41) is 2.91. The average Bonchev–Trinajstić information content (AvgIpc) is 2.66. The molecule has 0 spiro atoms. The van der Waals surface area contributed by atoms with Crippen molar-refractivity contribution in [2.45, 2.75) is 25.8 Å². The Labute approximate surface area is 148 Å². The molecule has 1 aliphatic rings. The smallest absolute Gasteiger partial charge is 0.223 e. The van der Waals surface area contributed by atoms with Crippen molar-refractivity contribution in [2.24, 2.45) is 0 Å². The lowest BCUT2D eigenvalue weighted by molar-refractivity contribution is -0.137. The summed E-state index contributed by atoms with van der Waals surface area (Å²) < 4.78 is 15.8. The maximum absolute atomic E-state index is 12.2. The number of hydrogen-bond acceptors (Lipinski definition) is 5. The van der Waals surface area contributed by atoms with Gasteiger partial charge in [0.05, 0.1) is 33.5 Å². The maximum Gasteiger partial charge on any atom is 0.223 e. The highest BCUT2D eigenvalue weighted by molar-refractivity contribution is 5.84. The van der Waals surface area contributed by atoms with Crippen LogP contribution in [0.1, 0.15) is 31.4 Å². The second-order valence-electron chi connectivity index (χ2n) is 5.89. The van der Waals surface area contributed by atoms with Crippen LogP contribution in [0.25, 0.3) is 0 Å². The highest BCUT2D eigenvalue weighted by Crippen LogP contribution is 2.29. The van der Waals surface area contributed by atoms with Gasteiger partial charge in [0, 0.05) is 31.5 Å². The van der Waals surface area contributed by atoms with Crippen LogP contribution in [0.5, 0.6) is 11.5 Å². The van der Waals surface area contributed by atoms with Gasteiger partial charge in [-0.05, 0) is 25.1 Å². The fraction of sp³-hybridized carbons (Fsp3) is 0.556. The van der Waals surface area contributed by atoms with Crippen LogP contribution < -0.4 is 14.8 Å². The molecule has 0 unspecified atom stereocenters. The largest absolute Gasteiger partial charge is 0.497 e. The van der Waals surface area contributed by atoms with Gasteiger partial charge >= 0.3 is 0 Å². The monoisotopic (exact) mass is 350 g/mol. The van der Waals surface area contributed by atoms with Crippen LogP contribution in [0, 0.1) is 0 Å². The van der Waals surface area contributed by atoms with Crippen LogP contribution in [-0.4, -0.2) is 57.2 Å². The molecule has 0 radical (unpaired) electrons. The van der Waals surface area contributed by atoms with Crippen molar-refractivity contribution < 1.29 is 23.8 Å². The van der Waals surface area contributed by atoms with Crippen molar-refractivity contribution in [3.8, 4) is 11.5 Å². The van der Waals surface area contributed by atoms with Gasteiger partial charge in [0.15, 0.2) is 0 Å². The first-order valence-corrected chi connectivity index (χ1v) is 8.42. The molecule has 0 aliphatic carbocycles. The Morgan fingerprint density at radius 3 is 2.56 bits per heavy atom. The summed E-state index contributed by atoms with van der Waals surface area (Å²) in [5.41, 5.74) is 0.828. The number of morpholine rings is 1. The minimum Gasteiger partial charge on any atom is -0.497 e. The topological polar surface area (TPSA) is 77.1 Å². The summed E-state index contributed by atoms with van der Waals surface area (Å²) in [4.78, 5) is 26.0. The summed E-state index contributed by atoms with van der Waals surface area (Å²) in [7, 11) is 3.17. The number of ether oxygens (including phenoxy) is 3. The third-order valence-electron chi connectivity index (χ3n) is 4.21. The van der Waals surface area contributed by atoms with Crippen LogP contribution in [-0.2, 0) is 14.3 Å². The van der Waals surface area contributed by atoms with Gasteiger partial charge in [0.1, 0.15) is 11.5 Å². The molecule has 25 heavy (non-hydrogen) atoms. The van der Waals surface area contributed by atoms with E-state index < -0.39 is 0 Å². The summed E-state index contributed by atoms with van der Waals surface area (Å²) in [6.45, 7) is 4.18. The molecule has 1 fully saturated rings. The van der Waals surface area contributed by atoms with E-state index in [1.165, 1.54) is 0 Å². The minimum atomic E-state index is -0.254. The number of rotatable bonds is 7. The Morgan fingerprint density at radius 1 is 1.20 bits per heavy atom. The van der Waals surface area contributed by atoms with Crippen molar-refractivity contribution in [2.75, 3.05) is 40.5 Å². The SMILES string of the molecule is COc1ccc(OC)c([C@H](C)NC(=O)CCC(=O)N2CCOCC2)c1. The predicted molar refractivity (Wildman–Crippen MR) is 92.7 cm³/mol. The molecule has 1 aromatic rings. The number of benzene rings is 1. The number of nitrogens with one attached hydrogen (secondary N) is 1. The van der Waals surface area contributed by atoms with E-state index in [9.17, 15) is 9.59 Å². The molecular weight excluding hydrogens is 324 g/mol. The predicted octanol–water partition coefficient (Wildman–Crippen LogP) is 1.52. The molecule has 1 aromatic carbocycles. The molecule has 1 saturated heterocycles. The van der Waals surface area contributed by atoms with E-state index in [0.717, 1.165) is 5.56 Å². The third kappa shape index (κ3) is 5.35. The lowest BCUT2D eigenvalue weighted by Crippen LogP contribution is -2.41. The Morgan fingerprint density at radius 2 is 1.92 bits per heavy atom. The molecule has 7 nitrogen and oxygen atoms in total. The van der Waals surface area contributed by atoms with Crippen molar-refractivity contribution >= 4 is 11.8 Å². The van der Waals surface area contributed by atoms with Crippen LogP contribution in [0.15, 0.2) is 18.2 Å². The molecule has 7 heteroatoms. The van der Waals surface area contributed by atoms with Crippen LogP contribution >= 0.6 is 0 Å². The van der Waals surface area contributed by atoms with Gasteiger partial charge in [-0.25, -0.2) is 0 Å². The standard InChI is InChI=1S/C18H26N2O5/c1-13(15-12-14(23-2)4-5-16(15)24-3)19-17(21)6-7-18(22)20-8-10-25-11-9-20/h4-5,12-13H,6-11H2,1-3H3,(H,19,21)/t13-/m0/s1. The van der Waals surface area contributed by atoms with Crippen molar-refractivity contribution in [1.29, 1.82) is 0 Å². The molecule has 0 bridgehead atoms. The minimum absolute atomic E-state index is 0.00920. The van der Waals surface area contributed by atoms with Gasteiger partial charge in [-0.3, -0.25) is 9.59 Å². The summed E-state index contributed by atoms with van der Waals surface area (Å²) in [6.07, 6.45) is 0.362. The third-order valence-corrected chi connectivity index (χ3v) is 4.21. The molecule has 2 amide bonds. The molecule has 1 atom stereocenters. The lowest BCUT2D eigenvalue weighted by atomic mass is 10.1. The first kappa shape index (κ1) is 19.1. The van der Waals surface area contributed by atoms with Crippen molar-refractivity contribution in [3.05, 3.63) is 23.8 Å². The van der Waals surface area contributed by atoms with Gasteiger partial charge < -0.3 is 24.4 Å². The van der Waals surface area contributed by atoms with E-state index in [4.69, 9.17) is 14.2 Å². The number of methoxy groups -OCH3 is 2. The molecule has 2 rings (SSSR count). The van der Waals surface area contributed by atoms with Gasteiger partial charge in [0.25, 0.3) is 0 Å². The Bertz CT molecular complexity index is 599. The van der Waals surface area contributed by atoms with E-state index in [0.29, 0.717) is 37.8 Å². The van der Waals surface area contributed by atoms with E-state index in [2.05, 4.69) is 5.32 Å². The van der Waals surface area contributed by atoms with E-state index in [1.807, 2.05) is 13.0 Å². The molecular formula is C18H26N2O5. The number of nitrogens with zero attached hydrogens (tertiary/aromatic N) is 1. The number of hydrogen-bond donors (Lipinski definition) is 1. The summed E-state index contributed by atoms with van der Waals surface area (Å²) in [5.74, 6) is 1.20. The second-order valence-corrected chi connectivity index (χ2v) is 5.89. The first-order valence-electron chi connectivity index (χ1n) is 8.42. The maximum atomic E-state index is 12.2. The quantitative estimate of drug-likeness (QED) is 0.807. The first-order chi connectivity index (χ1) is 12.0. The molecule has 138 valence electrons. The Kier molecular flexibility index (Phi) is 7.06. The van der Waals surface area contributed by atoms with Crippen molar-refractivity contribution in [1.82, 2.24) is 10.2 Å². The summed E-state index contributed by atoms with van der Waals surface area (Å²) >= 11 is 0. The molecule has 1 heterocycles. The fourth-order valence-corrected chi connectivity index (χ4v) is 2.76. The highest BCUT2D eigenvalue weighted by atomic mass is 16.5. The van der Waals surface area contributed by atoms with Crippen LogP contribution in [0.4, 0.5) is 0 Å². The van der Waals surface area contributed by atoms with Gasteiger partial charge in [-0.1, -0.05) is 0 Å². The normalized spacial score (nSPS) is 15.4. The molecule has 1 N–H and O–H groups in total. The van der Waals surface area contributed by atoms with Crippen molar-refractivity contribution in [3.63, 3.8) is 0 Å². The van der Waals surface area contributed by atoms with Crippen LogP contribution in [0.3, 0.4) is 0 Å². The lowest BCUT2D eigenvalue weighted by Gasteiger charge is -2.26. The zero-order valence-electron chi connectivity index (χ0n) is 15.0. The molecule has 0 saturated carbocycles. The Balaban J connectivity index is 1.88. The molecule has 0 aromatic heterocycles. The van der Waals surface area contributed by atoms with Crippen LogP contribution in [0.2, 0.25) is 0 Å². The average molecular weight is 350 g/mol. The number of amides is 2. The zero-order chi connectivity index (χ0) is 18.2. The van der Waals surface area contributed by atoms with Gasteiger partial charge in [-0.15, -0.1) is 0 Å². The number of carbonyl (C=O) groups excluding carboxylic acids is 2. The second kappa shape index (κ2) is 9.27. The fourth-order valence-electron chi connectivity index (χ4n) is 2.76.